The van der Waals surface area contributed by atoms with E-state index < -0.39 is 5.24 Å². The number of aryl methyl sites for hydroxylation is 1. The van der Waals surface area contributed by atoms with Crippen LogP contribution in [0.5, 0.6) is 0 Å². The zero-order chi connectivity index (χ0) is 9.42. The molecule has 0 unspecified atom stereocenters. The fourth-order valence-corrected chi connectivity index (χ4v) is 1.54. The Morgan fingerprint density at radius 3 is 3.00 bits per heavy atom. The Balaban J connectivity index is 2.24. The van der Waals surface area contributed by atoms with E-state index in [0.717, 1.165) is 12.2 Å². The third kappa shape index (κ3) is 1.91. The largest absolute Gasteiger partial charge is 0.274 e. The van der Waals surface area contributed by atoms with E-state index in [-0.39, 0.29) is 0 Å². The highest BCUT2D eigenvalue weighted by Gasteiger charge is 2.24. The van der Waals surface area contributed by atoms with Crippen molar-refractivity contribution in [2.75, 3.05) is 0 Å². The maximum Gasteiger partial charge on any atom is 0.270 e. The lowest BCUT2D eigenvalue weighted by atomic mass is 10.4. The van der Waals surface area contributed by atoms with Gasteiger partial charge >= 0.3 is 0 Å². The minimum atomic E-state index is -0.416. The molecule has 0 aliphatic heterocycles. The molecule has 0 N–H and O–H groups in total. The first-order chi connectivity index (χ1) is 6.16. The molecular weight excluding hydrogens is 188 g/mol. The summed E-state index contributed by atoms with van der Waals surface area (Å²) in [6, 6.07) is 1.73. The van der Waals surface area contributed by atoms with Crippen LogP contribution >= 0.6 is 11.6 Å². The van der Waals surface area contributed by atoms with Crippen molar-refractivity contribution in [2.45, 2.75) is 26.3 Å². The quantitative estimate of drug-likeness (QED) is 0.697. The van der Waals surface area contributed by atoms with E-state index in [1.54, 1.807) is 10.7 Å². The van der Waals surface area contributed by atoms with Gasteiger partial charge in [-0.1, -0.05) is 0 Å². The summed E-state index contributed by atoms with van der Waals surface area (Å²) in [6.07, 6.45) is 2.49. The normalized spacial score (nSPS) is 16.2. The highest BCUT2D eigenvalue weighted by molar-refractivity contribution is 6.67. The second-order valence-electron chi connectivity index (χ2n) is 3.57. The van der Waals surface area contributed by atoms with Crippen LogP contribution in [0.25, 0.3) is 0 Å². The van der Waals surface area contributed by atoms with Crippen LogP contribution < -0.4 is 0 Å². The molecule has 2 rings (SSSR count). The number of carbonyl (C=O) groups is 1. The lowest BCUT2D eigenvalue weighted by molar-refractivity contribution is 0.107. The number of nitrogens with zero attached hydrogens (tertiary/aromatic N) is 2. The fraction of sp³-hybridized carbons (Fsp3) is 0.556. The second kappa shape index (κ2) is 3.14. The molecule has 1 heterocycles. The van der Waals surface area contributed by atoms with Crippen LogP contribution in [-0.4, -0.2) is 15.0 Å². The van der Waals surface area contributed by atoms with E-state index in [0.29, 0.717) is 11.6 Å². The summed E-state index contributed by atoms with van der Waals surface area (Å²) in [5.74, 6) is 0.703. The van der Waals surface area contributed by atoms with Crippen LogP contribution in [-0.2, 0) is 6.54 Å². The molecule has 0 radical (unpaired) electrons. The Hall–Kier alpha value is -0.830. The van der Waals surface area contributed by atoms with Gasteiger partial charge in [0.25, 0.3) is 5.24 Å². The summed E-state index contributed by atoms with van der Waals surface area (Å²) in [5, 5.41) is 3.81. The molecule has 1 aliphatic carbocycles. The standard InChI is InChI=1S/C9H11ClN2O/c1-6-4-8(9(10)13)12(11-6)5-7-2-3-7/h4,7H,2-3,5H2,1H3. The zero-order valence-electron chi connectivity index (χ0n) is 7.46. The molecule has 0 bridgehead atoms. The second-order valence-corrected chi connectivity index (χ2v) is 3.91. The summed E-state index contributed by atoms with van der Waals surface area (Å²) in [7, 11) is 0. The molecule has 0 atom stereocenters. The Labute approximate surface area is 81.7 Å². The highest BCUT2D eigenvalue weighted by Crippen LogP contribution is 2.30. The third-order valence-corrected chi connectivity index (χ3v) is 2.43. The minimum absolute atomic E-state index is 0.416. The number of hydrogen-bond donors (Lipinski definition) is 0. The van der Waals surface area contributed by atoms with E-state index in [1.807, 2.05) is 6.92 Å². The molecule has 1 saturated carbocycles. The first-order valence-corrected chi connectivity index (χ1v) is 4.79. The lowest BCUT2D eigenvalue weighted by Gasteiger charge is -2.01. The van der Waals surface area contributed by atoms with Crippen molar-refractivity contribution in [1.29, 1.82) is 0 Å². The predicted octanol–water partition coefficient (Wildman–Crippen LogP) is 1.98. The monoisotopic (exact) mass is 198 g/mol. The van der Waals surface area contributed by atoms with Crippen molar-refractivity contribution in [1.82, 2.24) is 9.78 Å². The topological polar surface area (TPSA) is 34.9 Å². The van der Waals surface area contributed by atoms with E-state index >= 15 is 0 Å². The van der Waals surface area contributed by atoms with Crippen LogP contribution in [0.1, 0.15) is 29.0 Å². The van der Waals surface area contributed by atoms with Gasteiger partial charge in [-0.2, -0.15) is 5.10 Å². The molecular formula is C9H11ClN2O. The summed E-state index contributed by atoms with van der Waals surface area (Å²) < 4.78 is 1.72. The fourth-order valence-electron chi connectivity index (χ4n) is 1.39. The molecule has 4 heteroatoms. The van der Waals surface area contributed by atoms with Crippen molar-refractivity contribution in [3.05, 3.63) is 17.5 Å². The van der Waals surface area contributed by atoms with E-state index in [9.17, 15) is 4.79 Å². The first kappa shape index (κ1) is 8.75. The van der Waals surface area contributed by atoms with Gasteiger partial charge in [-0.25, -0.2) is 0 Å². The molecule has 0 amide bonds. The van der Waals surface area contributed by atoms with Crippen LogP contribution in [0.4, 0.5) is 0 Å². The van der Waals surface area contributed by atoms with Gasteiger partial charge < -0.3 is 0 Å². The van der Waals surface area contributed by atoms with E-state index in [2.05, 4.69) is 5.10 Å². The Bertz CT molecular complexity index is 341. The summed E-state index contributed by atoms with van der Waals surface area (Å²) >= 11 is 5.43. The van der Waals surface area contributed by atoms with Crippen LogP contribution in [0, 0.1) is 12.8 Å². The average Bonchev–Trinajstić information content (AvgIpc) is 2.75. The van der Waals surface area contributed by atoms with Gasteiger partial charge in [-0.3, -0.25) is 9.48 Å². The van der Waals surface area contributed by atoms with Gasteiger partial charge in [0.1, 0.15) is 5.69 Å². The SMILES string of the molecule is Cc1cc(C(=O)Cl)n(CC2CC2)n1. The molecule has 0 aromatic carbocycles. The van der Waals surface area contributed by atoms with Gasteiger partial charge in [-0.05, 0) is 43.4 Å². The molecule has 13 heavy (non-hydrogen) atoms. The minimum Gasteiger partial charge on any atom is -0.274 e. The first-order valence-electron chi connectivity index (χ1n) is 4.41. The smallest absolute Gasteiger partial charge is 0.270 e. The molecule has 0 saturated heterocycles. The lowest BCUT2D eigenvalue weighted by Crippen LogP contribution is -2.08. The number of aromatic nitrogens is 2. The Kier molecular flexibility index (Phi) is 2.12. The van der Waals surface area contributed by atoms with Crippen LogP contribution in [0.2, 0.25) is 0 Å². The summed E-state index contributed by atoms with van der Waals surface area (Å²) in [5.41, 5.74) is 1.37. The van der Waals surface area contributed by atoms with Crippen molar-refractivity contribution < 1.29 is 4.79 Å². The van der Waals surface area contributed by atoms with Gasteiger partial charge in [-0.15, -0.1) is 0 Å². The van der Waals surface area contributed by atoms with Crippen molar-refractivity contribution in [3.63, 3.8) is 0 Å². The number of carbonyl (C=O) groups excluding carboxylic acids is 1. The van der Waals surface area contributed by atoms with Crippen molar-refractivity contribution >= 4 is 16.8 Å². The molecule has 1 aromatic heterocycles. The van der Waals surface area contributed by atoms with Crippen molar-refractivity contribution in [2.24, 2.45) is 5.92 Å². The zero-order valence-corrected chi connectivity index (χ0v) is 8.21. The summed E-state index contributed by atoms with van der Waals surface area (Å²) in [4.78, 5) is 11.0. The average molecular weight is 199 g/mol. The van der Waals surface area contributed by atoms with Crippen LogP contribution in [0.15, 0.2) is 6.07 Å². The maximum absolute atomic E-state index is 11.0. The predicted molar refractivity (Wildman–Crippen MR) is 49.9 cm³/mol. The number of hydrogen-bond acceptors (Lipinski definition) is 2. The summed E-state index contributed by atoms with van der Waals surface area (Å²) in [6.45, 7) is 2.70. The molecule has 1 aromatic rings. The van der Waals surface area contributed by atoms with Gasteiger partial charge in [0.15, 0.2) is 0 Å². The molecule has 1 fully saturated rings. The molecule has 1 aliphatic rings. The van der Waals surface area contributed by atoms with Crippen LogP contribution in [0.3, 0.4) is 0 Å². The maximum atomic E-state index is 11.0. The Morgan fingerprint density at radius 1 is 1.77 bits per heavy atom. The Morgan fingerprint density at radius 2 is 2.46 bits per heavy atom. The third-order valence-electron chi connectivity index (χ3n) is 2.23. The highest BCUT2D eigenvalue weighted by atomic mass is 35.5. The van der Waals surface area contributed by atoms with E-state index in [4.69, 9.17) is 11.6 Å². The van der Waals surface area contributed by atoms with Gasteiger partial charge in [0, 0.05) is 6.54 Å². The number of halogens is 1. The van der Waals surface area contributed by atoms with Gasteiger partial charge in [0.05, 0.1) is 5.69 Å². The number of rotatable bonds is 3. The van der Waals surface area contributed by atoms with Gasteiger partial charge in [0.2, 0.25) is 0 Å². The molecule has 3 nitrogen and oxygen atoms in total. The molecule has 0 spiro atoms. The van der Waals surface area contributed by atoms with E-state index in [1.165, 1.54) is 12.8 Å². The van der Waals surface area contributed by atoms with Crippen molar-refractivity contribution in [3.8, 4) is 0 Å². The molecule has 70 valence electrons.